The highest BCUT2D eigenvalue weighted by molar-refractivity contribution is 6.39. The van der Waals surface area contributed by atoms with Gasteiger partial charge in [-0.1, -0.05) is 29.3 Å². The summed E-state index contributed by atoms with van der Waals surface area (Å²) < 4.78 is 1.44. The van der Waals surface area contributed by atoms with E-state index in [1.807, 2.05) is 0 Å². The number of nitrogens with one attached hydrogen (secondary N) is 2. The minimum Gasteiger partial charge on any atom is -0.326 e. The van der Waals surface area contributed by atoms with Gasteiger partial charge in [-0.3, -0.25) is 14.2 Å². The molecule has 0 aliphatic rings. The van der Waals surface area contributed by atoms with Crippen LogP contribution in [0.4, 0.5) is 17.3 Å². The average Bonchev–Trinajstić information content (AvgIpc) is 2.73. The van der Waals surface area contributed by atoms with E-state index < -0.39 is 0 Å². The number of halogens is 2. The highest BCUT2D eigenvalue weighted by Gasteiger charge is 2.16. The number of fused-ring (bicyclic) bond motifs is 1. The van der Waals surface area contributed by atoms with Crippen LogP contribution in [0.5, 0.6) is 0 Å². The molecule has 0 spiro atoms. The van der Waals surface area contributed by atoms with Gasteiger partial charge < -0.3 is 10.6 Å². The van der Waals surface area contributed by atoms with Gasteiger partial charge in [0.1, 0.15) is 5.65 Å². The molecule has 7 nitrogen and oxygen atoms in total. The number of rotatable bonds is 4. The standard InChI is InChI=1S/C22H17Cl2N5O2/c1-12(30)26-14-6-8-15(9-7-14)27-22-25-11-13-10-16(21(31)29(2)20(13)28-22)19-17(23)4-3-5-18(19)24/h3-11H,1-2H3,(H,26,30)(H,25,27,28). The number of anilines is 3. The average molecular weight is 454 g/mol. The predicted molar refractivity (Wildman–Crippen MR) is 124 cm³/mol. The molecule has 2 aromatic carbocycles. The Morgan fingerprint density at radius 3 is 2.32 bits per heavy atom. The number of amides is 1. The first-order chi connectivity index (χ1) is 14.8. The first-order valence-electron chi connectivity index (χ1n) is 9.29. The molecule has 0 aliphatic carbocycles. The van der Waals surface area contributed by atoms with E-state index in [0.29, 0.717) is 43.8 Å². The summed E-state index contributed by atoms with van der Waals surface area (Å²) in [5.41, 5.74) is 2.47. The Morgan fingerprint density at radius 1 is 1.03 bits per heavy atom. The maximum atomic E-state index is 13.0. The van der Waals surface area contributed by atoms with Gasteiger partial charge in [-0.25, -0.2) is 4.98 Å². The van der Waals surface area contributed by atoms with Crippen LogP contribution in [0.1, 0.15) is 6.92 Å². The number of hydrogen-bond donors (Lipinski definition) is 2. The largest absolute Gasteiger partial charge is 0.326 e. The van der Waals surface area contributed by atoms with E-state index in [-0.39, 0.29) is 11.5 Å². The minimum atomic E-state index is -0.271. The summed E-state index contributed by atoms with van der Waals surface area (Å²) in [7, 11) is 1.64. The lowest BCUT2D eigenvalue weighted by atomic mass is 10.1. The number of aryl methyl sites for hydroxylation is 1. The predicted octanol–water partition coefficient (Wildman–Crippen LogP) is 5.00. The fraction of sp³-hybridized carbons (Fsp3) is 0.0909. The van der Waals surface area contributed by atoms with Crippen molar-refractivity contribution < 1.29 is 4.79 Å². The third kappa shape index (κ3) is 4.23. The maximum absolute atomic E-state index is 13.0. The van der Waals surface area contributed by atoms with Crippen LogP contribution in [0, 0.1) is 0 Å². The molecular formula is C22H17Cl2N5O2. The third-order valence-corrected chi connectivity index (χ3v) is 5.27. The fourth-order valence-electron chi connectivity index (χ4n) is 3.21. The lowest BCUT2D eigenvalue weighted by Gasteiger charge is -2.12. The van der Waals surface area contributed by atoms with Crippen LogP contribution in [-0.2, 0) is 11.8 Å². The molecule has 0 fully saturated rings. The molecule has 9 heteroatoms. The molecule has 4 rings (SSSR count). The number of benzene rings is 2. The molecule has 0 bridgehead atoms. The Kier molecular flexibility index (Phi) is 5.63. The van der Waals surface area contributed by atoms with E-state index in [2.05, 4.69) is 20.6 Å². The lowest BCUT2D eigenvalue weighted by Crippen LogP contribution is -2.20. The van der Waals surface area contributed by atoms with Gasteiger partial charge in [0.15, 0.2) is 0 Å². The minimum absolute atomic E-state index is 0.142. The van der Waals surface area contributed by atoms with Gasteiger partial charge in [-0.05, 0) is 42.5 Å². The zero-order chi connectivity index (χ0) is 22.1. The second-order valence-electron chi connectivity index (χ2n) is 6.87. The summed E-state index contributed by atoms with van der Waals surface area (Å²) >= 11 is 12.6. The molecule has 1 amide bonds. The first kappa shape index (κ1) is 20.8. The molecule has 2 N–H and O–H groups in total. The summed E-state index contributed by atoms with van der Waals surface area (Å²) in [6, 6.07) is 13.9. The quantitative estimate of drug-likeness (QED) is 0.453. The van der Waals surface area contributed by atoms with E-state index >= 15 is 0 Å². The highest BCUT2D eigenvalue weighted by atomic mass is 35.5. The number of pyridine rings is 1. The van der Waals surface area contributed by atoms with Crippen molar-refractivity contribution in [2.75, 3.05) is 10.6 Å². The third-order valence-electron chi connectivity index (χ3n) is 4.64. The number of hydrogen-bond acceptors (Lipinski definition) is 5. The zero-order valence-corrected chi connectivity index (χ0v) is 18.1. The van der Waals surface area contributed by atoms with Crippen molar-refractivity contribution in [1.29, 1.82) is 0 Å². The van der Waals surface area contributed by atoms with Crippen molar-refractivity contribution in [3.05, 3.63) is 75.1 Å². The monoisotopic (exact) mass is 453 g/mol. The van der Waals surface area contributed by atoms with Gasteiger partial charge in [0.25, 0.3) is 5.56 Å². The SMILES string of the molecule is CC(=O)Nc1ccc(Nc2ncc3cc(-c4c(Cl)cccc4Cl)c(=O)n(C)c3n2)cc1. The zero-order valence-electron chi connectivity index (χ0n) is 16.6. The van der Waals surface area contributed by atoms with E-state index in [0.717, 1.165) is 5.69 Å². The Labute approximate surface area is 187 Å². The van der Waals surface area contributed by atoms with Crippen LogP contribution in [0.25, 0.3) is 22.2 Å². The molecule has 0 unspecified atom stereocenters. The van der Waals surface area contributed by atoms with Gasteiger partial charge in [0.05, 0.1) is 15.6 Å². The van der Waals surface area contributed by atoms with Crippen LogP contribution in [0.15, 0.2) is 59.5 Å². The van der Waals surface area contributed by atoms with Crippen molar-refractivity contribution >= 4 is 57.5 Å². The summed E-state index contributed by atoms with van der Waals surface area (Å²) in [4.78, 5) is 33.0. The summed E-state index contributed by atoms with van der Waals surface area (Å²) in [6.07, 6.45) is 1.63. The normalized spacial score (nSPS) is 10.8. The van der Waals surface area contributed by atoms with Gasteiger partial charge in [-0.2, -0.15) is 4.98 Å². The van der Waals surface area contributed by atoms with Crippen molar-refractivity contribution in [1.82, 2.24) is 14.5 Å². The van der Waals surface area contributed by atoms with Gasteiger partial charge in [0.2, 0.25) is 11.9 Å². The molecule has 0 radical (unpaired) electrons. The van der Waals surface area contributed by atoms with Gasteiger partial charge in [-0.15, -0.1) is 0 Å². The van der Waals surface area contributed by atoms with Crippen LogP contribution < -0.4 is 16.2 Å². The molecule has 2 aromatic heterocycles. The molecule has 0 atom stereocenters. The Balaban J connectivity index is 1.71. The summed E-state index contributed by atoms with van der Waals surface area (Å²) in [5.74, 6) is 0.190. The molecule has 0 aliphatic heterocycles. The molecule has 2 heterocycles. The van der Waals surface area contributed by atoms with E-state index in [4.69, 9.17) is 23.2 Å². The van der Waals surface area contributed by atoms with E-state index in [9.17, 15) is 9.59 Å². The van der Waals surface area contributed by atoms with E-state index in [1.165, 1.54) is 11.5 Å². The number of aromatic nitrogens is 3. The second-order valence-corrected chi connectivity index (χ2v) is 7.69. The Hall–Kier alpha value is -3.42. The van der Waals surface area contributed by atoms with Crippen LogP contribution in [-0.4, -0.2) is 20.4 Å². The van der Waals surface area contributed by atoms with Crippen molar-refractivity contribution in [2.45, 2.75) is 6.92 Å². The maximum Gasteiger partial charge on any atom is 0.259 e. The van der Waals surface area contributed by atoms with Crippen molar-refractivity contribution in [3.8, 4) is 11.1 Å². The molecular weight excluding hydrogens is 437 g/mol. The highest BCUT2D eigenvalue weighted by Crippen LogP contribution is 2.33. The molecule has 31 heavy (non-hydrogen) atoms. The van der Waals surface area contributed by atoms with Crippen LogP contribution >= 0.6 is 23.2 Å². The molecule has 4 aromatic rings. The summed E-state index contributed by atoms with van der Waals surface area (Å²) in [5, 5.41) is 7.26. The fourth-order valence-corrected chi connectivity index (χ4v) is 3.81. The summed E-state index contributed by atoms with van der Waals surface area (Å²) in [6.45, 7) is 1.45. The molecule has 0 saturated heterocycles. The smallest absolute Gasteiger partial charge is 0.259 e. The van der Waals surface area contributed by atoms with Crippen molar-refractivity contribution in [3.63, 3.8) is 0 Å². The Bertz CT molecular complexity index is 1350. The van der Waals surface area contributed by atoms with Crippen molar-refractivity contribution in [2.24, 2.45) is 7.05 Å². The topological polar surface area (TPSA) is 88.9 Å². The van der Waals surface area contributed by atoms with E-state index in [1.54, 1.807) is 61.8 Å². The lowest BCUT2D eigenvalue weighted by molar-refractivity contribution is -0.114. The molecule has 0 saturated carbocycles. The van der Waals surface area contributed by atoms with Crippen LogP contribution in [0.2, 0.25) is 10.0 Å². The molecule has 156 valence electrons. The second kappa shape index (κ2) is 8.37. The number of carbonyl (C=O) groups is 1. The first-order valence-corrected chi connectivity index (χ1v) is 10.0. The van der Waals surface area contributed by atoms with Gasteiger partial charge in [0, 0.05) is 42.5 Å². The van der Waals surface area contributed by atoms with Crippen LogP contribution in [0.3, 0.4) is 0 Å². The Morgan fingerprint density at radius 2 is 1.68 bits per heavy atom. The number of nitrogens with zero attached hydrogens (tertiary/aromatic N) is 3. The number of carbonyl (C=O) groups excluding carboxylic acids is 1. The van der Waals surface area contributed by atoms with Gasteiger partial charge >= 0.3 is 0 Å².